The van der Waals surface area contributed by atoms with Gasteiger partial charge in [0.25, 0.3) is 0 Å². The van der Waals surface area contributed by atoms with E-state index < -0.39 is 0 Å². The molecule has 0 spiro atoms. The van der Waals surface area contributed by atoms with Gasteiger partial charge in [-0.3, -0.25) is 0 Å². The number of urea groups is 1. The first-order chi connectivity index (χ1) is 10.7. The fraction of sp³-hybridized carbons (Fsp3) is 0.375. The van der Waals surface area contributed by atoms with Gasteiger partial charge in [0, 0.05) is 18.7 Å². The number of aliphatic hydroxyl groups is 1. The van der Waals surface area contributed by atoms with E-state index in [2.05, 4.69) is 10.3 Å². The molecule has 2 rings (SSSR count). The molecule has 1 aromatic carbocycles. The maximum Gasteiger partial charge on any atom is 0.318 e. The molecule has 0 fully saturated rings. The standard InChI is InChI=1S/C16H21N3O3/c1-3-19(9-10-20)16(21)18-12(2)15-17-11-14(22-15)13-7-5-4-6-8-13/h4-8,11-12,20H,3,9-10H2,1-2H3,(H,18,21). The van der Waals surface area contributed by atoms with Crippen LogP contribution in [0.3, 0.4) is 0 Å². The molecule has 6 heteroatoms. The fourth-order valence-corrected chi connectivity index (χ4v) is 2.09. The van der Waals surface area contributed by atoms with E-state index in [1.807, 2.05) is 44.2 Å². The number of oxazole rings is 1. The molecule has 6 nitrogen and oxygen atoms in total. The van der Waals surface area contributed by atoms with Gasteiger partial charge in [-0.05, 0) is 13.8 Å². The third kappa shape index (κ3) is 3.85. The van der Waals surface area contributed by atoms with Crippen molar-refractivity contribution < 1.29 is 14.3 Å². The van der Waals surface area contributed by atoms with E-state index in [0.717, 1.165) is 5.56 Å². The predicted octanol–water partition coefficient (Wildman–Crippen LogP) is 2.43. The zero-order chi connectivity index (χ0) is 15.9. The molecule has 0 aliphatic rings. The van der Waals surface area contributed by atoms with Crippen LogP contribution in [-0.2, 0) is 0 Å². The Hall–Kier alpha value is -2.34. The van der Waals surface area contributed by atoms with Crippen LogP contribution in [0.1, 0.15) is 25.8 Å². The van der Waals surface area contributed by atoms with E-state index in [9.17, 15) is 4.79 Å². The molecule has 2 amide bonds. The lowest BCUT2D eigenvalue weighted by Crippen LogP contribution is -2.42. The average Bonchev–Trinajstić information content (AvgIpc) is 3.03. The van der Waals surface area contributed by atoms with Crippen LogP contribution >= 0.6 is 0 Å². The van der Waals surface area contributed by atoms with Crippen molar-refractivity contribution in [2.45, 2.75) is 19.9 Å². The van der Waals surface area contributed by atoms with Gasteiger partial charge in [0.1, 0.15) is 6.04 Å². The van der Waals surface area contributed by atoms with E-state index in [4.69, 9.17) is 9.52 Å². The van der Waals surface area contributed by atoms with E-state index in [1.165, 1.54) is 4.90 Å². The summed E-state index contributed by atoms with van der Waals surface area (Å²) in [7, 11) is 0. The van der Waals surface area contributed by atoms with Crippen molar-refractivity contribution in [1.29, 1.82) is 0 Å². The van der Waals surface area contributed by atoms with Crippen LogP contribution in [0.15, 0.2) is 40.9 Å². The topological polar surface area (TPSA) is 78.6 Å². The molecule has 1 heterocycles. The summed E-state index contributed by atoms with van der Waals surface area (Å²) in [5.74, 6) is 1.12. The number of hydrogen-bond donors (Lipinski definition) is 2. The molecule has 0 radical (unpaired) electrons. The summed E-state index contributed by atoms with van der Waals surface area (Å²) >= 11 is 0. The second-order valence-electron chi connectivity index (χ2n) is 4.90. The van der Waals surface area contributed by atoms with Gasteiger partial charge in [-0.1, -0.05) is 30.3 Å². The summed E-state index contributed by atoms with van der Waals surface area (Å²) in [6, 6.07) is 9.07. The molecule has 118 valence electrons. The van der Waals surface area contributed by atoms with Gasteiger partial charge >= 0.3 is 6.03 Å². The SMILES string of the molecule is CCN(CCO)C(=O)NC(C)c1ncc(-c2ccccc2)o1. The first kappa shape index (κ1) is 16.0. The zero-order valence-corrected chi connectivity index (χ0v) is 12.8. The first-order valence-electron chi connectivity index (χ1n) is 7.33. The van der Waals surface area contributed by atoms with E-state index in [-0.39, 0.29) is 18.7 Å². The van der Waals surface area contributed by atoms with Gasteiger partial charge in [-0.2, -0.15) is 0 Å². The molecule has 1 atom stereocenters. The van der Waals surface area contributed by atoms with Crippen molar-refractivity contribution >= 4 is 6.03 Å². The molecule has 0 saturated heterocycles. The summed E-state index contributed by atoms with van der Waals surface area (Å²) in [6.45, 7) is 4.44. The lowest BCUT2D eigenvalue weighted by molar-refractivity contribution is 0.176. The van der Waals surface area contributed by atoms with Crippen molar-refractivity contribution in [1.82, 2.24) is 15.2 Å². The number of aromatic nitrogens is 1. The van der Waals surface area contributed by atoms with E-state index in [1.54, 1.807) is 6.20 Å². The molecule has 0 aliphatic heterocycles. The van der Waals surface area contributed by atoms with Crippen LogP contribution in [0, 0.1) is 0 Å². The minimum atomic E-state index is -0.349. The zero-order valence-electron chi connectivity index (χ0n) is 12.8. The Morgan fingerprint density at radius 2 is 2.14 bits per heavy atom. The van der Waals surface area contributed by atoms with Crippen LogP contribution in [0.2, 0.25) is 0 Å². The quantitative estimate of drug-likeness (QED) is 0.859. The van der Waals surface area contributed by atoms with Gasteiger partial charge in [-0.25, -0.2) is 9.78 Å². The Morgan fingerprint density at radius 1 is 1.41 bits per heavy atom. The summed E-state index contributed by atoms with van der Waals surface area (Å²) < 4.78 is 5.71. The Balaban J connectivity index is 2.03. The number of aliphatic hydroxyl groups excluding tert-OH is 1. The Labute approximate surface area is 129 Å². The second kappa shape index (κ2) is 7.61. The molecule has 0 bridgehead atoms. The maximum atomic E-state index is 12.1. The van der Waals surface area contributed by atoms with Gasteiger partial charge in [0.05, 0.1) is 12.8 Å². The van der Waals surface area contributed by atoms with Crippen LogP contribution < -0.4 is 5.32 Å². The number of nitrogens with one attached hydrogen (secondary N) is 1. The van der Waals surface area contributed by atoms with Crippen molar-refractivity contribution in [3.63, 3.8) is 0 Å². The van der Waals surface area contributed by atoms with E-state index in [0.29, 0.717) is 24.7 Å². The van der Waals surface area contributed by atoms with Crippen LogP contribution in [0.25, 0.3) is 11.3 Å². The largest absolute Gasteiger partial charge is 0.438 e. The van der Waals surface area contributed by atoms with Crippen molar-refractivity contribution in [2.24, 2.45) is 0 Å². The smallest absolute Gasteiger partial charge is 0.318 e. The van der Waals surface area contributed by atoms with Crippen molar-refractivity contribution in [3.05, 3.63) is 42.4 Å². The number of carbonyl (C=O) groups excluding carboxylic acids is 1. The number of benzene rings is 1. The minimum absolute atomic E-state index is 0.0627. The van der Waals surface area contributed by atoms with Crippen LogP contribution in [0.4, 0.5) is 4.79 Å². The fourth-order valence-electron chi connectivity index (χ4n) is 2.09. The lowest BCUT2D eigenvalue weighted by atomic mass is 10.2. The molecule has 22 heavy (non-hydrogen) atoms. The maximum absolute atomic E-state index is 12.1. The Kier molecular flexibility index (Phi) is 5.55. The number of carbonyl (C=O) groups is 1. The third-order valence-electron chi connectivity index (χ3n) is 3.33. The lowest BCUT2D eigenvalue weighted by Gasteiger charge is -2.22. The van der Waals surface area contributed by atoms with E-state index >= 15 is 0 Å². The Bertz CT molecular complexity index is 598. The van der Waals surface area contributed by atoms with Crippen LogP contribution in [-0.4, -0.2) is 40.7 Å². The minimum Gasteiger partial charge on any atom is -0.438 e. The molecule has 0 aliphatic carbocycles. The highest BCUT2D eigenvalue weighted by Crippen LogP contribution is 2.22. The van der Waals surface area contributed by atoms with Gasteiger partial charge < -0.3 is 19.7 Å². The predicted molar refractivity (Wildman–Crippen MR) is 83.2 cm³/mol. The molecular formula is C16H21N3O3. The van der Waals surface area contributed by atoms with Crippen molar-refractivity contribution in [2.75, 3.05) is 19.7 Å². The van der Waals surface area contributed by atoms with Gasteiger partial charge in [0.2, 0.25) is 5.89 Å². The number of rotatable bonds is 6. The number of nitrogens with zero attached hydrogens (tertiary/aromatic N) is 2. The molecule has 1 aromatic heterocycles. The molecule has 2 N–H and O–H groups in total. The summed E-state index contributed by atoms with van der Waals surface area (Å²) in [6.07, 6.45) is 1.65. The molecule has 2 aromatic rings. The highest BCUT2D eigenvalue weighted by molar-refractivity contribution is 5.74. The van der Waals surface area contributed by atoms with Gasteiger partial charge in [0.15, 0.2) is 5.76 Å². The summed E-state index contributed by atoms with van der Waals surface area (Å²) in [4.78, 5) is 17.8. The normalized spacial score (nSPS) is 12.0. The van der Waals surface area contributed by atoms with Crippen molar-refractivity contribution in [3.8, 4) is 11.3 Å². The Morgan fingerprint density at radius 3 is 2.77 bits per heavy atom. The third-order valence-corrected chi connectivity index (χ3v) is 3.33. The summed E-state index contributed by atoms with van der Waals surface area (Å²) in [5.41, 5.74) is 0.940. The number of amides is 2. The first-order valence-corrected chi connectivity index (χ1v) is 7.33. The molecule has 0 saturated carbocycles. The van der Waals surface area contributed by atoms with Gasteiger partial charge in [-0.15, -0.1) is 0 Å². The highest BCUT2D eigenvalue weighted by Gasteiger charge is 2.18. The monoisotopic (exact) mass is 303 g/mol. The number of hydrogen-bond acceptors (Lipinski definition) is 4. The average molecular weight is 303 g/mol. The number of likely N-dealkylation sites (N-methyl/N-ethyl adjacent to an activating group) is 1. The molecule has 1 unspecified atom stereocenters. The van der Waals surface area contributed by atoms with Crippen LogP contribution in [0.5, 0.6) is 0 Å². The second-order valence-corrected chi connectivity index (χ2v) is 4.90. The highest BCUT2D eigenvalue weighted by atomic mass is 16.4. The molecular weight excluding hydrogens is 282 g/mol. The summed E-state index contributed by atoms with van der Waals surface area (Å²) in [5, 5.41) is 11.8.